The highest BCUT2D eigenvalue weighted by molar-refractivity contribution is 8.13. The number of phenolic OH excluding ortho intramolecular Hbond substituents is 1. The van der Waals surface area contributed by atoms with Gasteiger partial charge in [0.2, 0.25) is 5.91 Å². The smallest absolute Gasteiger partial charge is 0.227 e. The highest BCUT2D eigenvalue weighted by Crippen LogP contribution is 2.29. The van der Waals surface area contributed by atoms with Crippen LogP contribution in [0.3, 0.4) is 0 Å². The van der Waals surface area contributed by atoms with E-state index in [1.165, 1.54) is 35.7 Å². The molecule has 1 aromatic rings. The van der Waals surface area contributed by atoms with Gasteiger partial charge in [0.1, 0.15) is 0 Å². The van der Waals surface area contributed by atoms with Crippen molar-refractivity contribution in [3.05, 3.63) is 24.0 Å². The number of hydrogen-bond donors (Lipinski definition) is 1. The summed E-state index contributed by atoms with van der Waals surface area (Å²) in [4.78, 5) is 24.3. The van der Waals surface area contributed by atoms with Gasteiger partial charge in [0, 0.05) is 37.4 Å². The molecule has 6 heteroatoms. The van der Waals surface area contributed by atoms with Crippen molar-refractivity contribution in [3.63, 3.8) is 0 Å². The molecular formula is C13H14FNO3S. The van der Waals surface area contributed by atoms with Crippen LogP contribution in [-0.2, 0) is 9.59 Å². The standard InChI is InChI=1S/C13H14FNO3S/c1-8(16)19-7-9-4-13(18)15(6-9)10-2-3-12(17)11(14)5-10/h2-3,5,9,17H,4,6-7H2,1H3. The minimum Gasteiger partial charge on any atom is -0.505 e. The van der Waals surface area contributed by atoms with Gasteiger partial charge in [-0.25, -0.2) is 4.39 Å². The lowest BCUT2D eigenvalue weighted by atomic mass is 10.1. The Labute approximate surface area is 114 Å². The van der Waals surface area contributed by atoms with E-state index in [4.69, 9.17) is 5.11 Å². The Hall–Kier alpha value is -1.56. The fourth-order valence-electron chi connectivity index (χ4n) is 2.04. The molecule has 102 valence electrons. The fourth-order valence-corrected chi connectivity index (χ4v) is 2.74. The molecule has 1 saturated heterocycles. The number of hydrogen-bond acceptors (Lipinski definition) is 4. The summed E-state index contributed by atoms with van der Waals surface area (Å²) in [5.74, 6) is -0.568. The number of nitrogens with zero attached hydrogens (tertiary/aromatic N) is 1. The van der Waals surface area contributed by atoms with Gasteiger partial charge in [-0.05, 0) is 18.1 Å². The molecule has 1 aliphatic rings. The number of halogens is 1. The summed E-state index contributed by atoms with van der Waals surface area (Å²) < 4.78 is 13.3. The predicted octanol–water partition coefficient (Wildman–Crippen LogP) is 2.16. The van der Waals surface area contributed by atoms with E-state index < -0.39 is 11.6 Å². The van der Waals surface area contributed by atoms with Crippen molar-refractivity contribution in [1.82, 2.24) is 0 Å². The van der Waals surface area contributed by atoms with Crippen molar-refractivity contribution >= 4 is 28.5 Å². The molecule has 0 saturated carbocycles. The average molecular weight is 283 g/mol. The summed E-state index contributed by atoms with van der Waals surface area (Å²) in [5.41, 5.74) is 0.440. The van der Waals surface area contributed by atoms with Crippen molar-refractivity contribution in [2.24, 2.45) is 5.92 Å². The van der Waals surface area contributed by atoms with Gasteiger partial charge < -0.3 is 10.0 Å². The molecule has 0 aliphatic carbocycles. The molecule has 1 N–H and O–H groups in total. The number of rotatable bonds is 3. The first-order valence-electron chi connectivity index (χ1n) is 5.89. The summed E-state index contributed by atoms with van der Waals surface area (Å²) in [6, 6.07) is 3.89. The third-order valence-electron chi connectivity index (χ3n) is 2.97. The molecule has 1 fully saturated rings. The molecule has 0 aromatic heterocycles. The van der Waals surface area contributed by atoms with E-state index in [-0.39, 0.29) is 16.9 Å². The predicted molar refractivity (Wildman–Crippen MR) is 71.7 cm³/mol. The Balaban J connectivity index is 2.07. The molecule has 1 aromatic carbocycles. The van der Waals surface area contributed by atoms with Crippen LogP contribution in [0.1, 0.15) is 13.3 Å². The van der Waals surface area contributed by atoms with E-state index in [0.29, 0.717) is 24.4 Å². The van der Waals surface area contributed by atoms with Gasteiger partial charge in [0.05, 0.1) is 0 Å². The maximum atomic E-state index is 13.3. The lowest BCUT2D eigenvalue weighted by Gasteiger charge is -2.16. The third-order valence-corrected chi connectivity index (χ3v) is 4.01. The molecule has 1 heterocycles. The average Bonchev–Trinajstić information content (AvgIpc) is 2.72. The van der Waals surface area contributed by atoms with Gasteiger partial charge in [0.15, 0.2) is 16.7 Å². The van der Waals surface area contributed by atoms with Crippen LogP contribution >= 0.6 is 11.8 Å². The zero-order valence-corrected chi connectivity index (χ0v) is 11.2. The number of carbonyl (C=O) groups is 2. The minimum atomic E-state index is -0.744. The quantitative estimate of drug-likeness (QED) is 0.923. The summed E-state index contributed by atoms with van der Waals surface area (Å²) >= 11 is 1.20. The topological polar surface area (TPSA) is 57.6 Å². The fraction of sp³-hybridized carbons (Fsp3) is 0.385. The molecular weight excluding hydrogens is 269 g/mol. The van der Waals surface area contributed by atoms with E-state index in [1.807, 2.05) is 0 Å². The lowest BCUT2D eigenvalue weighted by Crippen LogP contribution is -2.24. The Morgan fingerprint density at radius 2 is 2.32 bits per heavy atom. The molecule has 4 nitrogen and oxygen atoms in total. The lowest BCUT2D eigenvalue weighted by molar-refractivity contribution is -0.117. The summed E-state index contributed by atoms with van der Waals surface area (Å²) in [6.45, 7) is 1.97. The zero-order valence-electron chi connectivity index (χ0n) is 10.4. The molecule has 1 unspecified atom stereocenters. The van der Waals surface area contributed by atoms with Gasteiger partial charge in [-0.2, -0.15) is 0 Å². The molecule has 19 heavy (non-hydrogen) atoms. The first-order chi connectivity index (χ1) is 8.97. The summed E-state index contributed by atoms with van der Waals surface area (Å²) in [7, 11) is 0. The molecule has 1 atom stereocenters. The molecule has 1 aliphatic heterocycles. The van der Waals surface area contributed by atoms with E-state index in [0.717, 1.165) is 6.07 Å². The Morgan fingerprint density at radius 1 is 1.58 bits per heavy atom. The van der Waals surface area contributed by atoms with Crippen LogP contribution in [0.25, 0.3) is 0 Å². The maximum absolute atomic E-state index is 13.3. The highest BCUT2D eigenvalue weighted by Gasteiger charge is 2.31. The van der Waals surface area contributed by atoms with Crippen molar-refractivity contribution < 1.29 is 19.1 Å². The first-order valence-corrected chi connectivity index (χ1v) is 6.88. The minimum absolute atomic E-state index is 0.0292. The Morgan fingerprint density at radius 3 is 2.95 bits per heavy atom. The largest absolute Gasteiger partial charge is 0.505 e. The van der Waals surface area contributed by atoms with Crippen molar-refractivity contribution in [2.45, 2.75) is 13.3 Å². The van der Waals surface area contributed by atoms with Crippen LogP contribution in [-0.4, -0.2) is 28.4 Å². The normalized spacial score (nSPS) is 18.9. The molecule has 1 amide bonds. The van der Waals surface area contributed by atoms with Gasteiger partial charge in [-0.1, -0.05) is 11.8 Å². The number of amides is 1. The van der Waals surface area contributed by atoms with E-state index in [9.17, 15) is 14.0 Å². The second-order valence-corrected chi connectivity index (χ2v) is 5.71. The zero-order chi connectivity index (χ0) is 14.0. The van der Waals surface area contributed by atoms with Crippen LogP contribution in [0.5, 0.6) is 5.75 Å². The van der Waals surface area contributed by atoms with Crippen molar-refractivity contribution in [3.8, 4) is 5.75 Å². The van der Waals surface area contributed by atoms with Crippen LogP contribution < -0.4 is 4.90 Å². The Bertz CT molecular complexity index is 521. The number of aromatic hydroxyl groups is 1. The second-order valence-electron chi connectivity index (χ2n) is 4.51. The Kier molecular flexibility index (Phi) is 4.09. The molecule has 0 bridgehead atoms. The van der Waals surface area contributed by atoms with Crippen LogP contribution in [0.2, 0.25) is 0 Å². The number of carbonyl (C=O) groups excluding carboxylic acids is 2. The third kappa shape index (κ3) is 3.26. The van der Waals surface area contributed by atoms with Crippen molar-refractivity contribution in [2.75, 3.05) is 17.2 Å². The number of anilines is 1. The highest BCUT2D eigenvalue weighted by atomic mass is 32.2. The van der Waals surface area contributed by atoms with Crippen LogP contribution in [0, 0.1) is 11.7 Å². The van der Waals surface area contributed by atoms with Crippen LogP contribution in [0.4, 0.5) is 10.1 Å². The van der Waals surface area contributed by atoms with Gasteiger partial charge in [0.25, 0.3) is 0 Å². The molecule has 2 rings (SSSR count). The summed E-state index contributed by atoms with van der Waals surface area (Å²) in [5, 5.41) is 9.16. The van der Waals surface area contributed by atoms with E-state index >= 15 is 0 Å². The number of thioether (sulfide) groups is 1. The number of phenols is 1. The van der Waals surface area contributed by atoms with E-state index in [1.54, 1.807) is 0 Å². The SMILES string of the molecule is CC(=O)SCC1CC(=O)N(c2ccc(O)c(F)c2)C1. The monoisotopic (exact) mass is 283 g/mol. The maximum Gasteiger partial charge on any atom is 0.227 e. The number of benzene rings is 1. The first kappa shape index (κ1) is 13.9. The second kappa shape index (κ2) is 5.61. The molecule has 0 spiro atoms. The van der Waals surface area contributed by atoms with Gasteiger partial charge in [-0.15, -0.1) is 0 Å². The van der Waals surface area contributed by atoms with Crippen molar-refractivity contribution in [1.29, 1.82) is 0 Å². The van der Waals surface area contributed by atoms with Gasteiger partial charge in [-0.3, -0.25) is 9.59 Å². The molecule has 0 radical (unpaired) electrons. The van der Waals surface area contributed by atoms with E-state index in [2.05, 4.69) is 0 Å². The summed E-state index contributed by atoms with van der Waals surface area (Å²) in [6.07, 6.45) is 0.364. The van der Waals surface area contributed by atoms with Crippen LogP contribution in [0.15, 0.2) is 18.2 Å². The van der Waals surface area contributed by atoms with Gasteiger partial charge >= 0.3 is 0 Å².